The van der Waals surface area contributed by atoms with Crippen molar-refractivity contribution in [1.29, 1.82) is 0 Å². The summed E-state index contributed by atoms with van der Waals surface area (Å²) in [6, 6.07) is 0. The van der Waals surface area contributed by atoms with Crippen LogP contribution in [0.2, 0.25) is 0 Å². The van der Waals surface area contributed by atoms with Crippen molar-refractivity contribution in [2.45, 2.75) is 46.6 Å². The zero-order valence-corrected chi connectivity index (χ0v) is 10.1. The molecule has 14 heavy (non-hydrogen) atoms. The third-order valence-electron chi connectivity index (χ3n) is 3.32. The van der Waals surface area contributed by atoms with E-state index in [0.29, 0.717) is 12.0 Å². The van der Waals surface area contributed by atoms with Gasteiger partial charge in [-0.2, -0.15) is 0 Å². The SMILES string of the molecule is Cc1c(CN)sc2c1CC(C)(C)CC2. The highest BCUT2D eigenvalue weighted by Crippen LogP contribution is 2.40. The fourth-order valence-corrected chi connectivity index (χ4v) is 3.52. The molecule has 2 heteroatoms. The van der Waals surface area contributed by atoms with Gasteiger partial charge in [0.2, 0.25) is 0 Å². The van der Waals surface area contributed by atoms with Gasteiger partial charge in [0, 0.05) is 16.3 Å². The third kappa shape index (κ3) is 1.61. The minimum Gasteiger partial charge on any atom is -0.326 e. The summed E-state index contributed by atoms with van der Waals surface area (Å²) in [7, 11) is 0. The number of fused-ring (bicyclic) bond motifs is 1. The highest BCUT2D eigenvalue weighted by Gasteiger charge is 2.28. The predicted molar refractivity (Wildman–Crippen MR) is 62.8 cm³/mol. The average molecular weight is 209 g/mol. The van der Waals surface area contributed by atoms with Crippen LogP contribution in [-0.2, 0) is 19.4 Å². The van der Waals surface area contributed by atoms with Gasteiger partial charge in [-0.15, -0.1) is 11.3 Å². The van der Waals surface area contributed by atoms with Crippen molar-refractivity contribution < 1.29 is 0 Å². The summed E-state index contributed by atoms with van der Waals surface area (Å²) in [5.74, 6) is 0. The molecule has 2 N–H and O–H groups in total. The lowest BCUT2D eigenvalue weighted by Crippen LogP contribution is -2.21. The molecule has 0 aliphatic heterocycles. The molecule has 0 unspecified atom stereocenters. The van der Waals surface area contributed by atoms with Gasteiger partial charge >= 0.3 is 0 Å². The lowest BCUT2D eigenvalue weighted by Gasteiger charge is -2.29. The van der Waals surface area contributed by atoms with Gasteiger partial charge < -0.3 is 5.73 Å². The summed E-state index contributed by atoms with van der Waals surface area (Å²) in [5.41, 5.74) is 9.31. The first-order chi connectivity index (χ1) is 6.53. The first kappa shape index (κ1) is 10.2. The van der Waals surface area contributed by atoms with E-state index in [1.54, 1.807) is 10.4 Å². The van der Waals surface area contributed by atoms with Crippen molar-refractivity contribution >= 4 is 11.3 Å². The van der Waals surface area contributed by atoms with Crippen LogP contribution in [-0.4, -0.2) is 0 Å². The van der Waals surface area contributed by atoms with E-state index in [4.69, 9.17) is 5.73 Å². The second kappa shape index (κ2) is 3.35. The molecule has 1 aliphatic carbocycles. The number of nitrogens with two attached hydrogens (primary N) is 1. The number of hydrogen-bond acceptors (Lipinski definition) is 2. The smallest absolute Gasteiger partial charge is 0.0276 e. The van der Waals surface area contributed by atoms with Crippen LogP contribution in [0.25, 0.3) is 0 Å². The lowest BCUT2D eigenvalue weighted by atomic mass is 9.76. The molecule has 1 heterocycles. The van der Waals surface area contributed by atoms with Gasteiger partial charge in [0.15, 0.2) is 0 Å². The van der Waals surface area contributed by atoms with Crippen LogP contribution < -0.4 is 5.73 Å². The molecule has 0 saturated carbocycles. The van der Waals surface area contributed by atoms with Gasteiger partial charge in [-0.25, -0.2) is 0 Å². The van der Waals surface area contributed by atoms with Crippen LogP contribution in [0.5, 0.6) is 0 Å². The molecular weight excluding hydrogens is 190 g/mol. The van der Waals surface area contributed by atoms with Crippen molar-refractivity contribution in [2.24, 2.45) is 11.1 Å². The molecule has 0 saturated heterocycles. The van der Waals surface area contributed by atoms with Crippen molar-refractivity contribution in [1.82, 2.24) is 0 Å². The molecule has 0 fully saturated rings. The van der Waals surface area contributed by atoms with E-state index in [1.165, 1.54) is 29.7 Å². The third-order valence-corrected chi connectivity index (χ3v) is 4.74. The zero-order chi connectivity index (χ0) is 10.3. The Balaban J connectivity index is 2.41. The van der Waals surface area contributed by atoms with Crippen LogP contribution in [0.4, 0.5) is 0 Å². The largest absolute Gasteiger partial charge is 0.326 e. The molecule has 0 aromatic carbocycles. The van der Waals surface area contributed by atoms with Crippen molar-refractivity contribution in [3.05, 3.63) is 20.9 Å². The molecule has 78 valence electrons. The summed E-state index contributed by atoms with van der Waals surface area (Å²) in [6.45, 7) is 7.69. The number of thiophene rings is 1. The first-order valence-corrected chi connectivity index (χ1v) is 6.15. The number of rotatable bonds is 1. The standard InChI is InChI=1S/C12H19NS/c1-8-9-6-12(2,3)5-4-10(9)14-11(8)7-13/h4-7,13H2,1-3H3. The molecule has 1 aliphatic rings. The summed E-state index contributed by atoms with van der Waals surface area (Å²) in [6.07, 6.45) is 3.82. The van der Waals surface area contributed by atoms with E-state index in [0.717, 1.165) is 0 Å². The van der Waals surface area contributed by atoms with Crippen LogP contribution >= 0.6 is 11.3 Å². The van der Waals surface area contributed by atoms with Crippen molar-refractivity contribution in [3.8, 4) is 0 Å². The molecular formula is C12H19NS. The summed E-state index contributed by atoms with van der Waals surface area (Å²) >= 11 is 1.94. The van der Waals surface area contributed by atoms with E-state index in [-0.39, 0.29) is 0 Å². The Bertz CT molecular complexity index is 349. The fraction of sp³-hybridized carbons (Fsp3) is 0.667. The quantitative estimate of drug-likeness (QED) is 0.756. The Hall–Kier alpha value is -0.340. The molecule has 1 nitrogen and oxygen atoms in total. The van der Waals surface area contributed by atoms with Gasteiger partial charge in [-0.3, -0.25) is 0 Å². The molecule has 0 amide bonds. The Kier molecular flexibility index (Phi) is 2.44. The molecule has 0 spiro atoms. The van der Waals surface area contributed by atoms with E-state index >= 15 is 0 Å². The van der Waals surface area contributed by atoms with Gasteiger partial charge in [-0.1, -0.05) is 13.8 Å². The van der Waals surface area contributed by atoms with Crippen LogP contribution in [0.3, 0.4) is 0 Å². The van der Waals surface area contributed by atoms with Crippen molar-refractivity contribution in [3.63, 3.8) is 0 Å². The Morgan fingerprint density at radius 1 is 1.43 bits per heavy atom. The summed E-state index contributed by atoms with van der Waals surface area (Å²) in [4.78, 5) is 3.00. The molecule has 2 rings (SSSR count). The van der Waals surface area contributed by atoms with Gasteiger partial charge in [-0.05, 0) is 42.7 Å². The van der Waals surface area contributed by atoms with Crippen LogP contribution in [0, 0.1) is 12.3 Å². The highest BCUT2D eigenvalue weighted by molar-refractivity contribution is 7.12. The predicted octanol–water partition coefficient (Wildman–Crippen LogP) is 3.03. The maximum atomic E-state index is 5.74. The monoisotopic (exact) mass is 209 g/mol. The van der Waals surface area contributed by atoms with E-state index < -0.39 is 0 Å². The Morgan fingerprint density at radius 3 is 2.79 bits per heavy atom. The number of aryl methyl sites for hydroxylation is 1. The topological polar surface area (TPSA) is 26.0 Å². The molecule has 1 aromatic rings. The molecule has 0 radical (unpaired) electrons. The van der Waals surface area contributed by atoms with E-state index in [9.17, 15) is 0 Å². The van der Waals surface area contributed by atoms with Crippen LogP contribution in [0.1, 0.15) is 41.1 Å². The summed E-state index contributed by atoms with van der Waals surface area (Å²) in [5, 5.41) is 0. The molecule has 0 atom stereocenters. The maximum Gasteiger partial charge on any atom is 0.0276 e. The average Bonchev–Trinajstić information content (AvgIpc) is 2.42. The second-order valence-electron chi connectivity index (χ2n) is 5.10. The zero-order valence-electron chi connectivity index (χ0n) is 9.31. The Labute approximate surface area is 90.3 Å². The normalized spacial score (nSPS) is 19.4. The first-order valence-electron chi connectivity index (χ1n) is 5.33. The van der Waals surface area contributed by atoms with Gasteiger partial charge in [0.25, 0.3) is 0 Å². The summed E-state index contributed by atoms with van der Waals surface area (Å²) < 4.78 is 0. The molecule has 0 bridgehead atoms. The minimum absolute atomic E-state index is 0.491. The minimum atomic E-state index is 0.491. The maximum absolute atomic E-state index is 5.74. The van der Waals surface area contributed by atoms with Crippen LogP contribution in [0.15, 0.2) is 0 Å². The molecule has 1 aromatic heterocycles. The lowest BCUT2D eigenvalue weighted by molar-refractivity contribution is 0.317. The second-order valence-corrected chi connectivity index (χ2v) is 6.29. The van der Waals surface area contributed by atoms with Gasteiger partial charge in [0.1, 0.15) is 0 Å². The van der Waals surface area contributed by atoms with Gasteiger partial charge in [0.05, 0.1) is 0 Å². The highest BCUT2D eigenvalue weighted by atomic mass is 32.1. The fourth-order valence-electron chi connectivity index (χ4n) is 2.31. The van der Waals surface area contributed by atoms with E-state index in [1.807, 2.05) is 11.3 Å². The van der Waals surface area contributed by atoms with Crippen molar-refractivity contribution in [2.75, 3.05) is 0 Å². The number of hydrogen-bond donors (Lipinski definition) is 1. The Morgan fingerprint density at radius 2 is 2.14 bits per heavy atom. The van der Waals surface area contributed by atoms with E-state index in [2.05, 4.69) is 20.8 Å².